The molecule has 38 heavy (non-hydrogen) atoms. The molecule has 0 aromatic heterocycles. The van der Waals surface area contributed by atoms with Gasteiger partial charge in [-0.2, -0.15) is 0 Å². The Balaban J connectivity index is 1.49. The lowest BCUT2D eigenvalue weighted by Crippen LogP contribution is -2.55. The molecule has 11 heteroatoms. The number of para-hydroxylation sites is 2. The fraction of sp³-hybridized carbons (Fsp3) is 0.259. The molecule has 1 aliphatic heterocycles. The molecule has 1 saturated heterocycles. The number of sulfonamides is 1. The lowest BCUT2D eigenvalue weighted by atomic mass is 10.0. The average molecular weight is 576 g/mol. The van der Waals surface area contributed by atoms with Crippen LogP contribution in [0.4, 0.5) is 11.4 Å². The molecule has 3 aromatic rings. The van der Waals surface area contributed by atoms with E-state index in [2.05, 4.69) is 10.0 Å². The third-order valence-corrected chi connectivity index (χ3v) is 7.38. The second-order valence-corrected chi connectivity index (χ2v) is 11.6. The van der Waals surface area contributed by atoms with Gasteiger partial charge in [0.2, 0.25) is 15.9 Å². The average Bonchev–Trinajstić information content (AvgIpc) is 2.89. The van der Waals surface area contributed by atoms with E-state index in [1.165, 1.54) is 0 Å². The minimum absolute atomic E-state index is 0.206. The van der Waals surface area contributed by atoms with Crippen LogP contribution in [-0.2, 0) is 21.2 Å². The molecule has 200 valence electrons. The molecule has 2 N–H and O–H groups in total. The highest BCUT2D eigenvalue weighted by Crippen LogP contribution is 2.27. The van der Waals surface area contributed by atoms with Crippen molar-refractivity contribution in [3.63, 3.8) is 0 Å². The van der Waals surface area contributed by atoms with Crippen LogP contribution < -0.4 is 14.9 Å². The Hall–Kier alpha value is -3.27. The Kier molecular flexibility index (Phi) is 8.81. The van der Waals surface area contributed by atoms with Gasteiger partial charge in [-0.3, -0.25) is 14.3 Å². The van der Waals surface area contributed by atoms with Crippen LogP contribution in [-0.4, -0.2) is 63.6 Å². The molecule has 0 saturated carbocycles. The summed E-state index contributed by atoms with van der Waals surface area (Å²) in [5.41, 5.74) is 2.38. The molecule has 2 amide bonds. The number of piperazine rings is 1. The molecule has 1 fully saturated rings. The highest BCUT2D eigenvalue weighted by Gasteiger charge is 2.30. The second kappa shape index (κ2) is 12.1. The number of nitrogens with one attached hydrogen (secondary N) is 2. The lowest BCUT2D eigenvalue weighted by Gasteiger charge is -2.38. The van der Waals surface area contributed by atoms with Crippen molar-refractivity contribution >= 4 is 56.4 Å². The Morgan fingerprint density at radius 2 is 1.53 bits per heavy atom. The first-order valence-corrected chi connectivity index (χ1v) is 14.7. The summed E-state index contributed by atoms with van der Waals surface area (Å²) in [6.45, 7) is 1.82. The summed E-state index contributed by atoms with van der Waals surface area (Å²) in [7, 11) is -3.44. The Morgan fingerprint density at radius 1 is 0.895 bits per heavy atom. The minimum atomic E-state index is -3.44. The highest BCUT2D eigenvalue weighted by molar-refractivity contribution is 7.92. The molecule has 1 atom stereocenters. The molecule has 0 unspecified atom stereocenters. The van der Waals surface area contributed by atoms with Crippen molar-refractivity contribution < 1.29 is 18.0 Å². The summed E-state index contributed by atoms with van der Waals surface area (Å²) in [4.78, 5) is 30.5. The van der Waals surface area contributed by atoms with Crippen LogP contribution in [0.15, 0.2) is 72.8 Å². The molecule has 1 heterocycles. The third-order valence-electron chi connectivity index (χ3n) is 6.21. The summed E-state index contributed by atoms with van der Waals surface area (Å²) >= 11 is 12.2. The van der Waals surface area contributed by atoms with Crippen LogP contribution in [0, 0.1) is 0 Å². The fourth-order valence-corrected chi connectivity index (χ4v) is 5.28. The molecule has 3 aromatic carbocycles. The van der Waals surface area contributed by atoms with Crippen molar-refractivity contribution in [2.24, 2.45) is 0 Å². The molecule has 0 radical (unpaired) electrons. The van der Waals surface area contributed by atoms with E-state index in [-0.39, 0.29) is 12.3 Å². The number of rotatable bonds is 8. The van der Waals surface area contributed by atoms with Gasteiger partial charge in [0.1, 0.15) is 6.04 Å². The summed E-state index contributed by atoms with van der Waals surface area (Å²) in [5.74, 6) is -0.634. The van der Waals surface area contributed by atoms with E-state index in [0.29, 0.717) is 47.5 Å². The quantitative estimate of drug-likeness (QED) is 0.423. The molecule has 1 aliphatic rings. The summed E-state index contributed by atoms with van der Waals surface area (Å²) in [6, 6.07) is 20.2. The zero-order valence-electron chi connectivity index (χ0n) is 20.7. The fourth-order valence-electron chi connectivity index (χ4n) is 4.36. The number of anilines is 2. The van der Waals surface area contributed by atoms with Crippen LogP contribution in [0.5, 0.6) is 0 Å². The number of hydrogen-bond donors (Lipinski definition) is 2. The SMILES string of the molecule is CS(=O)(=O)Nc1ccccc1N1CCN(C(=O)[C@@H](Cc2ccc(Cl)cc2)NC(=O)c2ccccc2Cl)CC1. The summed E-state index contributed by atoms with van der Waals surface area (Å²) in [6.07, 6.45) is 1.39. The molecular weight excluding hydrogens is 547 g/mol. The van der Waals surface area contributed by atoms with E-state index in [1.807, 2.05) is 29.2 Å². The van der Waals surface area contributed by atoms with Crippen LogP contribution in [0.3, 0.4) is 0 Å². The maximum atomic E-state index is 13.7. The van der Waals surface area contributed by atoms with Gasteiger partial charge in [0.15, 0.2) is 0 Å². The Labute approximate surface area is 232 Å². The number of hydrogen-bond acceptors (Lipinski definition) is 5. The monoisotopic (exact) mass is 574 g/mol. The topological polar surface area (TPSA) is 98.8 Å². The first-order chi connectivity index (χ1) is 18.1. The first-order valence-electron chi connectivity index (χ1n) is 12.0. The zero-order chi connectivity index (χ0) is 27.3. The van der Waals surface area contributed by atoms with Crippen LogP contribution in [0.25, 0.3) is 0 Å². The molecular formula is C27H28Cl2N4O4S. The molecule has 4 rings (SSSR count). The van der Waals surface area contributed by atoms with Gasteiger partial charge in [-0.15, -0.1) is 0 Å². The van der Waals surface area contributed by atoms with Gasteiger partial charge in [-0.1, -0.05) is 59.6 Å². The van der Waals surface area contributed by atoms with Gasteiger partial charge in [0.25, 0.3) is 5.91 Å². The van der Waals surface area contributed by atoms with Crippen molar-refractivity contribution in [1.82, 2.24) is 10.2 Å². The third kappa shape index (κ3) is 7.18. The van der Waals surface area contributed by atoms with E-state index in [4.69, 9.17) is 23.2 Å². The molecule has 0 spiro atoms. The van der Waals surface area contributed by atoms with E-state index < -0.39 is 22.0 Å². The van der Waals surface area contributed by atoms with Gasteiger partial charge in [-0.05, 0) is 42.0 Å². The van der Waals surface area contributed by atoms with E-state index in [0.717, 1.165) is 17.5 Å². The van der Waals surface area contributed by atoms with Crippen LogP contribution >= 0.6 is 23.2 Å². The standard InChI is InChI=1S/C27H28Cl2N4O4S/c1-38(36,37)31-23-8-4-5-9-25(23)32-14-16-33(17-15-32)27(35)24(18-19-10-12-20(28)13-11-19)30-26(34)21-6-2-3-7-22(21)29/h2-13,24,31H,14-18H2,1H3,(H,30,34)/t24-/m1/s1. The summed E-state index contributed by atoms with van der Waals surface area (Å²) in [5, 5.41) is 3.76. The first kappa shape index (κ1) is 27.8. The number of amides is 2. The van der Waals surface area contributed by atoms with Crippen molar-refractivity contribution in [2.75, 3.05) is 42.1 Å². The predicted octanol–water partition coefficient (Wildman–Crippen LogP) is 4.05. The highest BCUT2D eigenvalue weighted by atomic mass is 35.5. The second-order valence-electron chi connectivity index (χ2n) is 9.04. The molecule has 8 nitrogen and oxygen atoms in total. The summed E-state index contributed by atoms with van der Waals surface area (Å²) < 4.78 is 26.2. The van der Waals surface area contributed by atoms with Crippen LogP contribution in [0.1, 0.15) is 15.9 Å². The van der Waals surface area contributed by atoms with Crippen molar-refractivity contribution in [2.45, 2.75) is 12.5 Å². The maximum Gasteiger partial charge on any atom is 0.253 e. The largest absolute Gasteiger partial charge is 0.366 e. The van der Waals surface area contributed by atoms with Gasteiger partial charge in [0.05, 0.1) is 28.2 Å². The van der Waals surface area contributed by atoms with Gasteiger partial charge >= 0.3 is 0 Å². The van der Waals surface area contributed by atoms with Crippen molar-refractivity contribution in [1.29, 1.82) is 0 Å². The smallest absolute Gasteiger partial charge is 0.253 e. The molecule has 0 bridgehead atoms. The predicted molar refractivity (Wildman–Crippen MR) is 152 cm³/mol. The number of nitrogens with zero attached hydrogens (tertiary/aromatic N) is 2. The van der Waals surface area contributed by atoms with E-state index in [1.54, 1.807) is 53.4 Å². The van der Waals surface area contributed by atoms with Crippen LogP contribution in [0.2, 0.25) is 10.0 Å². The van der Waals surface area contributed by atoms with Gasteiger partial charge in [-0.25, -0.2) is 8.42 Å². The Morgan fingerprint density at radius 3 is 2.18 bits per heavy atom. The van der Waals surface area contributed by atoms with Crippen molar-refractivity contribution in [3.05, 3.63) is 94.0 Å². The number of carbonyl (C=O) groups excluding carboxylic acids is 2. The normalized spacial score (nSPS) is 14.6. The number of halogens is 2. The van der Waals surface area contributed by atoms with Gasteiger partial charge < -0.3 is 15.1 Å². The number of benzene rings is 3. The Bertz CT molecular complexity index is 1410. The van der Waals surface area contributed by atoms with Crippen molar-refractivity contribution in [3.8, 4) is 0 Å². The number of carbonyl (C=O) groups is 2. The maximum absolute atomic E-state index is 13.7. The van der Waals surface area contributed by atoms with Gasteiger partial charge in [0, 0.05) is 37.6 Å². The minimum Gasteiger partial charge on any atom is -0.366 e. The lowest BCUT2D eigenvalue weighted by molar-refractivity contribution is -0.133. The van der Waals surface area contributed by atoms with E-state index >= 15 is 0 Å². The zero-order valence-corrected chi connectivity index (χ0v) is 23.1. The molecule has 0 aliphatic carbocycles. The van der Waals surface area contributed by atoms with E-state index in [9.17, 15) is 18.0 Å².